The Bertz CT molecular complexity index is 897. The van der Waals surface area contributed by atoms with Crippen molar-refractivity contribution in [2.45, 2.75) is 25.9 Å². The van der Waals surface area contributed by atoms with Gasteiger partial charge in [-0.15, -0.1) is 0 Å². The zero-order valence-corrected chi connectivity index (χ0v) is 17.9. The maximum atomic E-state index is 12.3. The lowest BCUT2D eigenvalue weighted by atomic mass is 10.0. The van der Waals surface area contributed by atoms with Crippen molar-refractivity contribution in [3.05, 3.63) is 54.1 Å². The topological polar surface area (TPSA) is 137 Å². The quantitative estimate of drug-likeness (QED) is 0.301. The van der Waals surface area contributed by atoms with Gasteiger partial charge in [-0.3, -0.25) is 24.5 Å². The first-order valence-electron chi connectivity index (χ1n) is 9.90. The Balaban J connectivity index is 2.00. The number of nitrogens with two attached hydrogens (primary N) is 1. The lowest BCUT2D eigenvalue weighted by Gasteiger charge is -2.20. The second-order valence-electron chi connectivity index (χ2n) is 7.45. The molecule has 166 valence electrons. The summed E-state index contributed by atoms with van der Waals surface area (Å²) in [7, 11) is 1.90. The highest BCUT2D eigenvalue weighted by Gasteiger charge is 2.19. The Kier molecular flexibility index (Phi) is 8.68. The van der Waals surface area contributed by atoms with E-state index in [1.807, 2.05) is 50.1 Å². The molecule has 31 heavy (non-hydrogen) atoms. The summed E-state index contributed by atoms with van der Waals surface area (Å²) in [5.74, 6) is -1.34. The van der Waals surface area contributed by atoms with E-state index in [1.54, 1.807) is 24.3 Å². The number of likely N-dealkylation sites (N-methyl/N-ethyl adjacent to an activating group) is 1. The third-order valence-corrected chi connectivity index (χ3v) is 4.89. The van der Waals surface area contributed by atoms with Crippen molar-refractivity contribution in [3.8, 4) is 11.1 Å². The molecule has 0 saturated carbocycles. The van der Waals surface area contributed by atoms with Gasteiger partial charge >= 0.3 is 0 Å². The van der Waals surface area contributed by atoms with Crippen LogP contribution in [0.1, 0.15) is 24.2 Å². The molecular formula is C22H29N5O4. The van der Waals surface area contributed by atoms with E-state index in [9.17, 15) is 14.4 Å². The number of benzene rings is 2. The summed E-state index contributed by atoms with van der Waals surface area (Å²) in [6.07, 6.45) is 0. The molecule has 3 amide bonds. The van der Waals surface area contributed by atoms with E-state index in [2.05, 4.69) is 10.6 Å². The molecule has 0 radical (unpaired) electrons. The van der Waals surface area contributed by atoms with Gasteiger partial charge in [0, 0.05) is 23.8 Å². The SMILES string of the molecule is CC(C)N(C)CC(=O)Nc1ccc(-c2ccc(C(=O)N[C@@H](CN)C(=O)NO)cc2)cc1. The van der Waals surface area contributed by atoms with Crippen molar-refractivity contribution in [2.75, 3.05) is 25.5 Å². The maximum absolute atomic E-state index is 12.3. The number of hydrogen-bond acceptors (Lipinski definition) is 6. The maximum Gasteiger partial charge on any atom is 0.267 e. The molecule has 0 spiro atoms. The number of nitrogens with one attached hydrogen (secondary N) is 3. The summed E-state index contributed by atoms with van der Waals surface area (Å²) in [5, 5.41) is 14.0. The van der Waals surface area contributed by atoms with Crippen LogP contribution < -0.4 is 21.8 Å². The highest BCUT2D eigenvalue weighted by atomic mass is 16.5. The van der Waals surface area contributed by atoms with Gasteiger partial charge in [0.25, 0.3) is 11.8 Å². The predicted octanol–water partition coefficient (Wildman–Crippen LogP) is 1.19. The molecule has 0 aliphatic carbocycles. The molecule has 0 aliphatic rings. The number of hydrogen-bond donors (Lipinski definition) is 5. The van der Waals surface area contributed by atoms with Gasteiger partial charge in [0.15, 0.2) is 0 Å². The lowest BCUT2D eigenvalue weighted by Crippen LogP contribution is -2.50. The molecule has 9 nitrogen and oxygen atoms in total. The van der Waals surface area contributed by atoms with Crippen LogP contribution in [0.25, 0.3) is 11.1 Å². The van der Waals surface area contributed by atoms with Crippen molar-refractivity contribution < 1.29 is 19.6 Å². The molecule has 2 aromatic carbocycles. The molecule has 6 N–H and O–H groups in total. The van der Waals surface area contributed by atoms with Crippen LogP contribution in [0.3, 0.4) is 0 Å². The first-order valence-corrected chi connectivity index (χ1v) is 9.90. The number of rotatable bonds is 9. The molecule has 9 heteroatoms. The van der Waals surface area contributed by atoms with E-state index in [0.717, 1.165) is 11.1 Å². The minimum absolute atomic E-state index is 0.0787. The van der Waals surface area contributed by atoms with Crippen LogP contribution in [0, 0.1) is 0 Å². The molecule has 1 atom stereocenters. The van der Waals surface area contributed by atoms with Crippen molar-refractivity contribution in [1.29, 1.82) is 0 Å². The Morgan fingerprint density at radius 1 is 1.00 bits per heavy atom. The van der Waals surface area contributed by atoms with Gasteiger partial charge in [-0.25, -0.2) is 5.48 Å². The average molecular weight is 428 g/mol. The third-order valence-electron chi connectivity index (χ3n) is 4.89. The van der Waals surface area contributed by atoms with Crippen LogP contribution in [0.15, 0.2) is 48.5 Å². The normalized spacial score (nSPS) is 11.8. The van der Waals surface area contributed by atoms with Crippen molar-refractivity contribution in [3.63, 3.8) is 0 Å². The smallest absolute Gasteiger partial charge is 0.267 e. The summed E-state index contributed by atoms with van der Waals surface area (Å²) in [4.78, 5) is 37.8. The Labute approximate surface area is 181 Å². The van der Waals surface area contributed by atoms with Crippen LogP contribution in [0.4, 0.5) is 5.69 Å². The first kappa shape index (κ1) is 24.0. The van der Waals surface area contributed by atoms with Crippen molar-refractivity contribution in [1.82, 2.24) is 15.7 Å². The molecule has 0 saturated heterocycles. The molecular weight excluding hydrogens is 398 g/mol. The lowest BCUT2D eigenvalue weighted by molar-refractivity contribution is -0.130. The first-order chi connectivity index (χ1) is 14.7. The second kappa shape index (κ2) is 11.2. The van der Waals surface area contributed by atoms with Crippen LogP contribution in [0.2, 0.25) is 0 Å². The molecule has 0 aliphatic heterocycles. The van der Waals surface area contributed by atoms with Crippen LogP contribution in [-0.4, -0.2) is 60.0 Å². The highest BCUT2D eigenvalue weighted by Crippen LogP contribution is 2.22. The standard InChI is InChI=1S/C22H29N5O4/c1-14(2)27(3)13-20(28)24-18-10-8-16(9-11-18)15-4-6-17(7-5-15)21(29)25-19(12-23)22(30)26-31/h4-11,14,19,31H,12-13,23H2,1-3H3,(H,24,28)(H,25,29)(H,26,30)/t19-/m0/s1. The van der Waals surface area contributed by atoms with Crippen LogP contribution >= 0.6 is 0 Å². The van der Waals surface area contributed by atoms with E-state index in [4.69, 9.17) is 10.9 Å². The zero-order valence-electron chi connectivity index (χ0n) is 17.9. The number of carbonyl (C=O) groups excluding carboxylic acids is 3. The number of carbonyl (C=O) groups is 3. The fourth-order valence-electron chi connectivity index (χ4n) is 2.72. The molecule has 0 heterocycles. The largest absolute Gasteiger partial charge is 0.339 e. The molecule has 0 aromatic heterocycles. The van der Waals surface area contributed by atoms with E-state index < -0.39 is 17.9 Å². The molecule has 0 bridgehead atoms. The fraction of sp³-hybridized carbons (Fsp3) is 0.318. The van der Waals surface area contributed by atoms with Gasteiger partial charge in [0.1, 0.15) is 6.04 Å². The number of hydroxylamine groups is 1. The Morgan fingerprint density at radius 2 is 1.55 bits per heavy atom. The van der Waals surface area contributed by atoms with E-state index >= 15 is 0 Å². The van der Waals surface area contributed by atoms with Crippen molar-refractivity contribution >= 4 is 23.4 Å². The fourth-order valence-corrected chi connectivity index (χ4v) is 2.72. The Hall–Kier alpha value is -3.27. The number of anilines is 1. The molecule has 0 unspecified atom stereocenters. The van der Waals surface area contributed by atoms with Crippen molar-refractivity contribution in [2.24, 2.45) is 5.73 Å². The summed E-state index contributed by atoms with van der Waals surface area (Å²) >= 11 is 0. The minimum Gasteiger partial charge on any atom is -0.339 e. The van der Waals surface area contributed by atoms with Gasteiger partial charge in [-0.2, -0.15) is 0 Å². The van der Waals surface area contributed by atoms with Gasteiger partial charge < -0.3 is 16.4 Å². The highest BCUT2D eigenvalue weighted by molar-refractivity contribution is 5.98. The van der Waals surface area contributed by atoms with Gasteiger partial charge in [-0.05, 0) is 56.3 Å². The summed E-state index contributed by atoms with van der Waals surface area (Å²) < 4.78 is 0. The van der Waals surface area contributed by atoms with Gasteiger partial charge in [0.05, 0.1) is 6.54 Å². The van der Waals surface area contributed by atoms with E-state index in [1.165, 1.54) is 5.48 Å². The zero-order chi connectivity index (χ0) is 23.0. The van der Waals surface area contributed by atoms with E-state index in [-0.39, 0.29) is 18.5 Å². The number of nitrogens with zero attached hydrogens (tertiary/aromatic N) is 1. The van der Waals surface area contributed by atoms with Gasteiger partial charge in [-0.1, -0.05) is 24.3 Å². The monoisotopic (exact) mass is 427 g/mol. The average Bonchev–Trinajstić information content (AvgIpc) is 2.77. The predicted molar refractivity (Wildman–Crippen MR) is 119 cm³/mol. The summed E-state index contributed by atoms with van der Waals surface area (Å²) in [5.41, 5.74) is 9.78. The van der Waals surface area contributed by atoms with E-state index in [0.29, 0.717) is 17.8 Å². The summed E-state index contributed by atoms with van der Waals surface area (Å²) in [6.45, 7) is 4.22. The minimum atomic E-state index is -1.03. The molecule has 2 rings (SSSR count). The Morgan fingerprint density at radius 3 is 2.03 bits per heavy atom. The molecule has 0 fully saturated rings. The summed E-state index contributed by atoms with van der Waals surface area (Å²) in [6, 6.07) is 13.5. The van der Waals surface area contributed by atoms with Crippen LogP contribution in [-0.2, 0) is 9.59 Å². The second-order valence-corrected chi connectivity index (χ2v) is 7.45. The number of amides is 3. The van der Waals surface area contributed by atoms with Gasteiger partial charge in [0.2, 0.25) is 5.91 Å². The third kappa shape index (κ3) is 6.88. The van der Waals surface area contributed by atoms with Crippen LogP contribution in [0.5, 0.6) is 0 Å². The molecule has 2 aromatic rings.